The van der Waals surface area contributed by atoms with E-state index in [0.717, 1.165) is 35.0 Å². The van der Waals surface area contributed by atoms with Crippen molar-refractivity contribution in [1.29, 1.82) is 0 Å². The highest BCUT2D eigenvalue weighted by Gasteiger charge is 2.30. The summed E-state index contributed by atoms with van der Waals surface area (Å²) in [6.07, 6.45) is -4.50. The van der Waals surface area contributed by atoms with Crippen LogP contribution in [0.2, 0.25) is 0 Å². The Morgan fingerprint density at radius 3 is 2.33 bits per heavy atom. The molecule has 3 aromatic carbocycles. The quantitative estimate of drug-likeness (QED) is 0.256. The van der Waals surface area contributed by atoms with Gasteiger partial charge in [0.15, 0.2) is 11.0 Å². The Morgan fingerprint density at radius 2 is 1.68 bits per heavy atom. The van der Waals surface area contributed by atoms with Crippen molar-refractivity contribution >= 4 is 29.3 Å². The van der Waals surface area contributed by atoms with Gasteiger partial charge in [-0.15, -0.1) is 10.2 Å². The molecule has 0 unspecified atom stereocenters. The van der Waals surface area contributed by atoms with Crippen molar-refractivity contribution in [3.63, 3.8) is 0 Å². The van der Waals surface area contributed by atoms with Crippen LogP contribution in [0.15, 0.2) is 71.9 Å². The monoisotopic (exact) mass is 569 g/mol. The maximum Gasteiger partial charge on any atom is 0.416 e. The number of halogens is 3. The molecule has 0 aliphatic heterocycles. The molecule has 0 fully saturated rings. The molecule has 4 aromatic rings. The second-order valence-electron chi connectivity index (χ2n) is 8.77. The van der Waals surface area contributed by atoms with Gasteiger partial charge in [0.05, 0.1) is 25.0 Å². The zero-order valence-electron chi connectivity index (χ0n) is 21.9. The molecule has 0 saturated heterocycles. The van der Waals surface area contributed by atoms with Crippen molar-refractivity contribution in [3.05, 3.63) is 94.8 Å². The van der Waals surface area contributed by atoms with Gasteiger partial charge in [0.25, 0.3) is 5.91 Å². The van der Waals surface area contributed by atoms with Gasteiger partial charge in [-0.1, -0.05) is 23.9 Å². The highest BCUT2D eigenvalue weighted by Crippen LogP contribution is 2.31. The largest absolute Gasteiger partial charge is 0.497 e. The number of amides is 2. The average Bonchev–Trinajstić information content (AvgIpc) is 3.35. The summed E-state index contributed by atoms with van der Waals surface area (Å²) in [7, 11) is 1.52. The first kappa shape index (κ1) is 28.7. The van der Waals surface area contributed by atoms with Crippen molar-refractivity contribution in [2.75, 3.05) is 18.2 Å². The van der Waals surface area contributed by atoms with Crippen LogP contribution in [0.1, 0.15) is 32.9 Å². The number of aryl methyl sites for hydroxylation is 1. The predicted octanol–water partition coefficient (Wildman–Crippen LogP) is 5.57. The molecule has 0 spiro atoms. The van der Waals surface area contributed by atoms with Gasteiger partial charge in [-0.3, -0.25) is 14.2 Å². The summed E-state index contributed by atoms with van der Waals surface area (Å²) < 4.78 is 46.1. The van der Waals surface area contributed by atoms with Crippen molar-refractivity contribution in [2.45, 2.75) is 31.7 Å². The molecular formula is C28H26F3N5O3S. The second kappa shape index (κ2) is 12.2. The maximum absolute atomic E-state index is 13.1. The first-order chi connectivity index (χ1) is 19.1. The van der Waals surface area contributed by atoms with E-state index in [9.17, 15) is 22.8 Å². The van der Waals surface area contributed by atoms with Crippen LogP contribution in [0, 0.1) is 13.8 Å². The fourth-order valence-electron chi connectivity index (χ4n) is 3.77. The summed E-state index contributed by atoms with van der Waals surface area (Å²) in [6.45, 7) is 3.79. The number of carbonyl (C=O) groups excluding carboxylic acids is 2. The van der Waals surface area contributed by atoms with Gasteiger partial charge in [-0.2, -0.15) is 13.2 Å². The molecule has 1 aromatic heterocycles. The lowest BCUT2D eigenvalue weighted by molar-refractivity contribution is -0.137. The lowest BCUT2D eigenvalue weighted by Gasteiger charge is -2.13. The van der Waals surface area contributed by atoms with E-state index in [1.54, 1.807) is 30.3 Å². The molecule has 0 atom stereocenters. The minimum Gasteiger partial charge on any atom is -0.497 e. The summed E-state index contributed by atoms with van der Waals surface area (Å²) in [5.41, 5.74) is 2.61. The highest BCUT2D eigenvalue weighted by atomic mass is 32.2. The van der Waals surface area contributed by atoms with E-state index in [0.29, 0.717) is 22.7 Å². The van der Waals surface area contributed by atoms with Crippen LogP contribution in [0.4, 0.5) is 18.9 Å². The molecule has 0 saturated carbocycles. The van der Waals surface area contributed by atoms with Gasteiger partial charge in [0.1, 0.15) is 5.75 Å². The number of thioether (sulfide) groups is 1. The average molecular weight is 570 g/mol. The minimum atomic E-state index is -4.50. The normalized spacial score (nSPS) is 11.2. The zero-order valence-corrected chi connectivity index (χ0v) is 22.7. The van der Waals surface area contributed by atoms with Crippen molar-refractivity contribution in [3.8, 4) is 11.4 Å². The Balaban J connectivity index is 1.54. The lowest BCUT2D eigenvalue weighted by Crippen LogP contribution is -2.24. The lowest BCUT2D eigenvalue weighted by atomic mass is 10.1. The summed E-state index contributed by atoms with van der Waals surface area (Å²) in [6, 6.07) is 16.6. The van der Waals surface area contributed by atoms with E-state index in [-0.39, 0.29) is 35.1 Å². The van der Waals surface area contributed by atoms with E-state index in [1.165, 1.54) is 23.8 Å². The fraction of sp³-hybridized carbons (Fsp3) is 0.214. The summed E-state index contributed by atoms with van der Waals surface area (Å²) in [5, 5.41) is 14.2. The van der Waals surface area contributed by atoms with Gasteiger partial charge < -0.3 is 15.4 Å². The number of anilines is 1. The van der Waals surface area contributed by atoms with E-state index in [2.05, 4.69) is 20.8 Å². The number of carbonyl (C=O) groups is 2. The molecule has 208 valence electrons. The number of rotatable bonds is 9. The van der Waals surface area contributed by atoms with Crippen LogP contribution >= 0.6 is 11.8 Å². The topological polar surface area (TPSA) is 98.1 Å². The standard InChI is InChI=1S/C28H26F3N5O3S/c1-17-5-4-6-23(18(17)2)33-25(37)16-40-27-35-34-24(15-32-26(38)19-7-13-22(39-3)14-8-19)36(27)21-11-9-20(10-12-21)28(29,30)31/h4-14H,15-16H2,1-3H3,(H,32,38)(H,33,37). The van der Waals surface area contributed by atoms with Crippen LogP contribution in [0.5, 0.6) is 5.75 Å². The number of nitrogens with zero attached hydrogens (tertiary/aromatic N) is 3. The van der Waals surface area contributed by atoms with Crippen LogP contribution in [-0.4, -0.2) is 39.4 Å². The summed E-state index contributed by atoms with van der Waals surface area (Å²) >= 11 is 1.07. The fourth-order valence-corrected chi connectivity index (χ4v) is 4.54. The molecule has 2 N–H and O–H groups in total. The highest BCUT2D eigenvalue weighted by molar-refractivity contribution is 7.99. The Kier molecular flexibility index (Phi) is 8.78. The molecule has 1 heterocycles. The molecule has 0 radical (unpaired) electrons. The minimum absolute atomic E-state index is 0.0235. The van der Waals surface area contributed by atoms with Gasteiger partial charge in [-0.05, 0) is 79.6 Å². The van der Waals surface area contributed by atoms with Crippen LogP contribution in [0.25, 0.3) is 5.69 Å². The van der Waals surface area contributed by atoms with Gasteiger partial charge in [0.2, 0.25) is 5.91 Å². The first-order valence-electron chi connectivity index (χ1n) is 12.1. The Bertz CT molecular complexity index is 1500. The molecule has 40 heavy (non-hydrogen) atoms. The predicted molar refractivity (Wildman–Crippen MR) is 146 cm³/mol. The SMILES string of the molecule is COc1ccc(C(=O)NCc2nnc(SCC(=O)Nc3cccc(C)c3C)n2-c2ccc(C(F)(F)F)cc2)cc1. The van der Waals surface area contributed by atoms with Crippen LogP contribution < -0.4 is 15.4 Å². The van der Waals surface area contributed by atoms with E-state index in [1.807, 2.05) is 26.0 Å². The third-order valence-corrected chi connectivity index (χ3v) is 7.05. The molecule has 8 nitrogen and oxygen atoms in total. The molecule has 0 aliphatic carbocycles. The first-order valence-corrected chi connectivity index (χ1v) is 13.1. The van der Waals surface area contributed by atoms with Gasteiger partial charge in [0, 0.05) is 16.9 Å². The van der Waals surface area contributed by atoms with E-state index >= 15 is 0 Å². The zero-order chi connectivity index (χ0) is 28.9. The molecule has 0 aliphatic rings. The molecule has 2 amide bonds. The number of methoxy groups -OCH3 is 1. The number of alkyl halides is 3. The number of aromatic nitrogens is 3. The molecule has 0 bridgehead atoms. The Labute approximate surface area is 233 Å². The molecule has 4 rings (SSSR count). The van der Waals surface area contributed by atoms with Gasteiger partial charge in [-0.25, -0.2) is 0 Å². The van der Waals surface area contributed by atoms with Crippen molar-refractivity contribution in [1.82, 2.24) is 20.1 Å². The summed E-state index contributed by atoms with van der Waals surface area (Å²) in [4.78, 5) is 25.4. The maximum atomic E-state index is 13.1. The van der Waals surface area contributed by atoms with E-state index in [4.69, 9.17) is 4.74 Å². The van der Waals surface area contributed by atoms with Crippen LogP contribution in [0.3, 0.4) is 0 Å². The van der Waals surface area contributed by atoms with Crippen molar-refractivity contribution in [2.24, 2.45) is 0 Å². The number of benzene rings is 3. The number of hydrogen-bond donors (Lipinski definition) is 2. The smallest absolute Gasteiger partial charge is 0.416 e. The van der Waals surface area contributed by atoms with Gasteiger partial charge >= 0.3 is 6.18 Å². The molecular weight excluding hydrogens is 543 g/mol. The number of ether oxygens (including phenoxy) is 1. The summed E-state index contributed by atoms with van der Waals surface area (Å²) in [5.74, 6) is 0.187. The Hall–Kier alpha value is -4.32. The number of hydrogen-bond acceptors (Lipinski definition) is 6. The second-order valence-corrected chi connectivity index (χ2v) is 9.72. The number of nitrogens with one attached hydrogen (secondary N) is 2. The van der Waals surface area contributed by atoms with E-state index < -0.39 is 11.7 Å². The Morgan fingerprint density at radius 1 is 0.975 bits per heavy atom. The van der Waals surface area contributed by atoms with Crippen molar-refractivity contribution < 1.29 is 27.5 Å². The van der Waals surface area contributed by atoms with Crippen LogP contribution in [-0.2, 0) is 17.5 Å². The molecule has 12 heteroatoms. The third kappa shape index (κ3) is 6.81. The third-order valence-electron chi connectivity index (χ3n) is 6.12.